The fraction of sp³-hybridized carbons (Fsp3) is 0.714. The van der Waals surface area contributed by atoms with Gasteiger partial charge in [0.25, 0.3) is 0 Å². The van der Waals surface area contributed by atoms with E-state index in [1.807, 2.05) is 6.92 Å². The minimum atomic E-state index is 0.253. The van der Waals surface area contributed by atoms with Crippen LogP contribution in [0.5, 0.6) is 0 Å². The van der Waals surface area contributed by atoms with Crippen molar-refractivity contribution in [3.05, 3.63) is 11.6 Å². The minimum Gasteiger partial charge on any atom is -0.396 e. The molecule has 0 aliphatic carbocycles. The van der Waals surface area contributed by atoms with Gasteiger partial charge < -0.3 is 9.67 Å². The number of hydrogen-bond acceptors (Lipinski definition) is 3. The molecule has 1 aliphatic rings. The average Bonchev–Trinajstić information content (AvgIpc) is 2.53. The summed E-state index contributed by atoms with van der Waals surface area (Å²) in [5, 5.41) is 16.8. The van der Waals surface area contributed by atoms with Crippen molar-refractivity contribution < 1.29 is 5.11 Å². The van der Waals surface area contributed by atoms with Crippen molar-refractivity contribution in [2.75, 3.05) is 6.61 Å². The molecule has 4 heteroatoms. The van der Waals surface area contributed by atoms with Gasteiger partial charge in [0.1, 0.15) is 11.6 Å². The first-order chi connectivity index (χ1) is 5.31. The highest BCUT2D eigenvalue weighted by Gasteiger charge is 2.23. The van der Waals surface area contributed by atoms with E-state index in [4.69, 9.17) is 5.11 Å². The topological polar surface area (TPSA) is 50.9 Å². The summed E-state index contributed by atoms with van der Waals surface area (Å²) in [5.41, 5.74) is 0. The van der Waals surface area contributed by atoms with Crippen molar-refractivity contribution >= 4 is 0 Å². The van der Waals surface area contributed by atoms with Crippen LogP contribution in [0.25, 0.3) is 0 Å². The van der Waals surface area contributed by atoms with Crippen molar-refractivity contribution in [3.8, 4) is 0 Å². The van der Waals surface area contributed by atoms with Crippen LogP contribution < -0.4 is 0 Å². The lowest BCUT2D eigenvalue weighted by Gasteiger charge is -2.02. The first kappa shape index (κ1) is 6.79. The van der Waals surface area contributed by atoms with Crippen LogP contribution in [0, 0.1) is 12.8 Å². The molecule has 1 aromatic heterocycles. The van der Waals surface area contributed by atoms with Crippen LogP contribution in [-0.4, -0.2) is 26.5 Å². The van der Waals surface area contributed by atoms with Gasteiger partial charge in [-0.05, 0) is 6.92 Å². The molecule has 1 N–H and O–H groups in total. The predicted molar refractivity (Wildman–Crippen MR) is 39.0 cm³/mol. The molecular weight excluding hydrogens is 142 g/mol. The monoisotopic (exact) mass is 153 g/mol. The maximum absolute atomic E-state index is 8.89. The summed E-state index contributed by atoms with van der Waals surface area (Å²) in [6, 6.07) is 0. The number of aliphatic hydroxyl groups is 1. The largest absolute Gasteiger partial charge is 0.396 e. The molecule has 60 valence electrons. The molecule has 1 unspecified atom stereocenters. The first-order valence-corrected chi connectivity index (χ1v) is 3.81. The van der Waals surface area contributed by atoms with Gasteiger partial charge in [-0.2, -0.15) is 0 Å². The van der Waals surface area contributed by atoms with Gasteiger partial charge in [0.2, 0.25) is 0 Å². The van der Waals surface area contributed by atoms with E-state index in [0.717, 1.165) is 24.6 Å². The first-order valence-electron chi connectivity index (χ1n) is 3.81. The summed E-state index contributed by atoms with van der Waals surface area (Å²) in [5.74, 6) is 2.33. The van der Waals surface area contributed by atoms with E-state index < -0.39 is 0 Å². The van der Waals surface area contributed by atoms with Crippen molar-refractivity contribution in [1.29, 1.82) is 0 Å². The number of aliphatic hydroxyl groups excluding tert-OH is 1. The molecule has 2 heterocycles. The average molecular weight is 153 g/mol. The third-order valence-corrected chi connectivity index (χ3v) is 2.18. The summed E-state index contributed by atoms with van der Waals surface area (Å²) in [6.07, 6.45) is 0.872. The van der Waals surface area contributed by atoms with Gasteiger partial charge in [-0.1, -0.05) is 0 Å². The van der Waals surface area contributed by atoms with Gasteiger partial charge in [-0.25, -0.2) is 0 Å². The number of aryl methyl sites for hydroxylation is 1. The number of rotatable bonds is 1. The van der Waals surface area contributed by atoms with E-state index in [-0.39, 0.29) is 6.61 Å². The SMILES string of the molecule is Cc1nnc2n1CC(CO)C2. The van der Waals surface area contributed by atoms with Gasteiger partial charge in [0.15, 0.2) is 0 Å². The Balaban J connectivity index is 2.27. The van der Waals surface area contributed by atoms with Crippen molar-refractivity contribution in [3.63, 3.8) is 0 Å². The second-order valence-electron chi connectivity index (χ2n) is 3.03. The van der Waals surface area contributed by atoms with Crippen LogP contribution in [0.15, 0.2) is 0 Å². The Bertz CT molecular complexity index is 269. The summed E-state index contributed by atoms with van der Waals surface area (Å²) < 4.78 is 2.07. The summed E-state index contributed by atoms with van der Waals surface area (Å²) in [4.78, 5) is 0. The number of aromatic nitrogens is 3. The van der Waals surface area contributed by atoms with Gasteiger partial charge in [-0.15, -0.1) is 10.2 Å². The summed E-state index contributed by atoms with van der Waals surface area (Å²) in [6.45, 7) is 3.07. The minimum absolute atomic E-state index is 0.253. The zero-order valence-corrected chi connectivity index (χ0v) is 6.49. The Labute approximate surface area is 64.9 Å². The van der Waals surface area contributed by atoms with E-state index >= 15 is 0 Å². The van der Waals surface area contributed by atoms with E-state index in [0.29, 0.717) is 5.92 Å². The zero-order chi connectivity index (χ0) is 7.84. The van der Waals surface area contributed by atoms with E-state index in [1.165, 1.54) is 0 Å². The molecule has 1 aliphatic heterocycles. The van der Waals surface area contributed by atoms with Crippen molar-refractivity contribution in [1.82, 2.24) is 14.8 Å². The van der Waals surface area contributed by atoms with Gasteiger partial charge in [0, 0.05) is 25.5 Å². The maximum atomic E-state index is 8.89. The lowest BCUT2D eigenvalue weighted by molar-refractivity contribution is 0.224. The molecule has 1 aromatic rings. The maximum Gasteiger partial charge on any atom is 0.133 e. The van der Waals surface area contributed by atoms with Crippen LogP contribution >= 0.6 is 0 Å². The zero-order valence-electron chi connectivity index (χ0n) is 6.49. The van der Waals surface area contributed by atoms with Crippen LogP contribution in [0.3, 0.4) is 0 Å². The summed E-state index contributed by atoms with van der Waals surface area (Å²) in [7, 11) is 0. The Kier molecular flexibility index (Phi) is 1.42. The third kappa shape index (κ3) is 0.939. The number of fused-ring (bicyclic) bond motifs is 1. The van der Waals surface area contributed by atoms with Gasteiger partial charge in [0.05, 0.1) is 0 Å². The lowest BCUT2D eigenvalue weighted by atomic mass is 10.1. The molecular formula is C7H11N3O. The molecule has 0 amide bonds. The fourth-order valence-corrected chi connectivity index (χ4v) is 1.52. The quantitative estimate of drug-likeness (QED) is 0.605. The van der Waals surface area contributed by atoms with Crippen molar-refractivity contribution in [2.45, 2.75) is 19.9 Å². The number of nitrogens with zero attached hydrogens (tertiary/aromatic N) is 3. The molecule has 0 saturated heterocycles. The molecule has 0 bridgehead atoms. The number of hydrogen-bond donors (Lipinski definition) is 1. The molecule has 0 radical (unpaired) electrons. The van der Waals surface area contributed by atoms with Crippen LogP contribution in [-0.2, 0) is 13.0 Å². The van der Waals surface area contributed by atoms with Crippen molar-refractivity contribution in [2.24, 2.45) is 5.92 Å². The molecule has 11 heavy (non-hydrogen) atoms. The molecule has 0 fully saturated rings. The van der Waals surface area contributed by atoms with E-state index in [1.54, 1.807) is 0 Å². The molecule has 0 spiro atoms. The Morgan fingerprint density at radius 1 is 1.64 bits per heavy atom. The Hall–Kier alpha value is -0.900. The second kappa shape index (κ2) is 2.30. The Morgan fingerprint density at radius 3 is 3.09 bits per heavy atom. The molecule has 0 saturated carbocycles. The standard InChI is InChI=1S/C7H11N3O/c1-5-8-9-7-2-6(4-11)3-10(5)7/h6,11H,2-4H2,1H3. The summed E-state index contributed by atoms with van der Waals surface area (Å²) >= 11 is 0. The highest BCUT2D eigenvalue weighted by molar-refractivity contribution is 5.00. The van der Waals surface area contributed by atoms with E-state index in [9.17, 15) is 0 Å². The smallest absolute Gasteiger partial charge is 0.133 e. The van der Waals surface area contributed by atoms with Gasteiger partial charge in [-0.3, -0.25) is 0 Å². The highest BCUT2D eigenvalue weighted by Crippen LogP contribution is 2.18. The van der Waals surface area contributed by atoms with Gasteiger partial charge >= 0.3 is 0 Å². The van der Waals surface area contributed by atoms with Crippen LogP contribution in [0.1, 0.15) is 11.6 Å². The third-order valence-electron chi connectivity index (χ3n) is 2.18. The molecule has 4 nitrogen and oxygen atoms in total. The van der Waals surface area contributed by atoms with Crippen LogP contribution in [0.2, 0.25) is 0 Å². The second-order valence-corrected chi connectivity index (χ2v) is 3.03. The molecule has 1 atom stereocenters. The van der Waals surface area contributed by atoms with E-state index in [2.05, 4.69) is 14.8 Å². The lowest BCUT2D eigenvalue weighted by Crippen LogP contribution is -2.08. The normalized spacial score (nSPS) is 22.2. The van der Waals surface area contributed by atoms with Crippen LogP contribution in [0.4, 0.5) is 0 Å². The predicted octanol–water partition coefficient (Wildman–Crippen LogP) is -0.249. The highest BCUT2D eigenvalue weighted by atomic mass is 16.3. The molecule has 2 rings (SSSR count). The fourth-order valence-electron chi connectivity index (χ4n) is 1.52. The molecule has 0 aromatic carbocycles. The Morgan fingerprint density at radius 2 is 2.45 bits per heavy atom.